The molecule has 1 aromatic heterocycles. The van der Waals surface area contributed by atoms with Gasteiger partial charge in [-0.1, -0.05) is 24.3 Å². The molecule has 3 N–H and O–H groups in total. The van der Waals surface area contributed by atoms with Gasteiger partial charge in [-0.05, 0) is 56.7 Å². The molecule has 0 saturated carbocycles. The molecule has 0 radical (unpaired) electrons. The lowest BCUT2D eigenvalue weighted by atomic mass is 10.1. The number of hydrogen-bond donors (Lipinski definition) is 3. The number of amides is 2. The second kappa shape index (κ2) is 12.4. The number of hydrogen-bond acceptors (Lipinski definition) is 9. The van der Waals surface area contributed by atoms with Crippen LogP contribution in [0, 0.1) is 0 Å². The van der Waals surface area contributed by atoms with Gasteiger partial charge in [0.15, 0.2) is 0 Å². The van der Waals surface area contributed by atoms with Crippen molar-refractivity contribution < 1.29 is 27.5 Å². The van der Waals surface area contributed by atoms with Gasteiger partial charge in [0.1, 0.15) is 11.6 Å². The fourth-order valence-corrected chi connectivity index (χ4v) is 5.28. The first-order valence-corrected chi connectivity index (χ1v) is 14.4. The van der Waals surface area contributed by atoms with Gasteiger partial charge in [0.25, 0.3) is 11.8 Å². The van der Waals surface area contributed by atoms with Crippen LogP contribution >= 0.6 is 0 Å². The Bertz CT molecular complexity index is 1510. The van der Waals surface area contributed by atoms with E-state index in [2.05, 4.69) is 25.3 Å². The van der Waals surface area contributed by atoms with Crippen molar-refractivity contribution in [3.8, 4) is 0 Å². The Balaban J connectivity index is 1.41. The van der Waals surface area contributed by atoms with Crippen LogP contribution in [0.3, 0.4) is 0 Å². The van der Waals surface area contributed by atoms with Crippen molar-refractivity contribution >= 4 is 33.8 Å². The number of aromatic nitrogens is 2. The number of ether oxygens (including phenoxy) is 1. The van der Waals surface area contributed by atoms with Crippen LogP contribution in [-0.2, 0) is 26.1 Å². The average Bonchev–Trinajstić information content (AvgIpc) is 3.25. The summed E-state index contributed by atoms with van der Waals surface area (Å²) in [6, 6.07) is 12.7. The molecule has 1 aliphatic heterocycles. The molecule has 2 amide bonds. The lowest BCUT2D eigenvalue weighted by Gasteiger charge is -2.24. The predicted molar refractivity (Wildman–Crippen MR) is 150 cm³/mol. The Morgan fingerprint density at radius 1 is 1.05 bits per heavy atom. The topological polar surface area (TPSA) is 160 Å². The standard InChI is InChI=1S/C28H32N6O6S/c1-28(2,3)40-26(37)23(33-41(38,39)21-8-5-4-6-9-21)17-32-24(35)19-10-11-20-18-34(25(36)22(20)16-19)15-14-31-27-29-12-7-13-30-27/h4-13,16,23,33H,14-15,17-18H2,1-3H3,(H,32,35)(H,29,30,31)/t23-/m0/s1. The van der Waals surface area contributed by atoms with Gasteiger partial charge in [0.05, 0.1) is 4.90 Å². The van der Waals surface area contributed by atoms with Crippen LogP contribution < -0.4 is 15.4 Å². The van der Waals surface area contributed by atoms with E-state index in [1.54, 1.807) is 74.5 Å². The zero-order chi connectivity index (χ0) is 29.6. The van der Waals surface area contributed by atoms with Crippen LogP contribution in [0.5, 0.6) is 0 Å². The molecule has 2 aromatic carbocycles. The second-order valence-electron chi connectivity index (χ2n) is 10.3. The molecule has 3 aromatic rings. The van der Waals surface area contributed by atoms with E-state index in [9.17, 15) is 22.8 Å². The summed E-state index contributed by atoms with van der Waals surface area (Å²) in [6.07, 6.45) is 3.24. The lowest BCUT2D eigenvalue weighted by molar-refractivity contribution is -0.156. The van der Waals surface area contributed by atoms with Crippen LogP contribution in [0.1, 0.15) is 47.1 Å². The Labute approximate surface area is 238 Å². The largest absolute Gasteiger partial charge is 0.459 e. The van der Waals surface area contributed by atoms with Gasteiger partial charge in [-0.25, -0.2) is 18.4 Å². The molecule has 4 rings (SSSR count). The maximum Gasteiger partial charge on any atom is 0.326 e. The van der Waals surface area contributed by atoms with E-state index in [0.29, 0.717) is 31.1 Å². The number of fused-ring (bicyclic) bond motifs is 1. The van der Waals surface area contributed by atoms with Gasteiger partial charge in [-0.2, -0.15) is 4.72 Å². The summed E-state index contributed by atoms with van der Waals surface area (Å²) >= 11 is 0. The summed E-state index contributed by atoms with van der Waals surface area (Å²) in [6.45, 7) is 5.85. The molecule has 0 saturated heterocycles. The summed E-state index contributed by atoms with van der Waals surface area (Å²) in [7, 11) is -4.08. The molecule has 1 atom stereocenters. The third-order valence-electron chi connectivity index (χ3n) is 5.99. The molecule has 0 unspecified atom stereocenters. The second-order valence-corrected chi connectivity index (χ2v) is 12.0. The molecule has 1 aliphatic rings. The molecule has 0 aliphatic carbocycles. The first-order chi connectivity index (χ1) is 19.4. The maximum atomic E-state index is 13.0. The Kier molecular flexibility index (Phi) is 8.98. The predicted octanol–water partition coefficient (Wildman–Crippen LogP) is 1.96. The summed E-state index contributed by atoms with van der Waals surface area (Å²) in [4.78, 5) is 48.7. The van der Waals surface area contributed by atoms with Crippen LogP contribution in [-0.4, -0.2) is 72.3 Å². The number of anilines is 1. The van der Waals surface area contributed by atoms with E-state index in [-0.39, 0.29) is 22.9 Å². The van der Waals surface area contributed by atoms with Gasteiger partial charge in [-0.15, -0.1) is 0 Å². The van der Waals surface area contributed by atoms with Gasteiger partial charge in [-0.3, -0.25) is 14.4 Å². The third-order valence-corrected chi connectivity index (χ3v) is 7.48. The Morgan fingerprint density at radius 2 is 1.76 bits per heavy atom. The quantitative estimate of drug-likeness (QED) is 0.288. The highest BCUT2D eigenvalue weighted by Crippen LogP contribution is 2.24. The monoisotopic (exact) mass is 580 g/mol. The molecule has 41 heavy (non-hydrogen) atoms. The Hall–Kier alpha value is -4.36. The van der Waals surface area contributed by atoms with E-state index in [4.69, 9.17) is 4.74 Å². The van der Waals surface area contributed by atoms with Crippen molar-refractivity contribution in [3.05, 3.63) is 83.7 Å². The van der Waals surface area contributed by atoms with Gasteiger partial charge in [0, 0.05) is 49.7 Å². The molecule has 0 fully saturated rings. The van der Waals surface area contributed by atoms with Crippen LogP contribution in [0.25, 0.3) is 0 Å². The maximum absolute atomic E-state index is 13.0. The zero-order valence-electron chi connectivity index (χ0n) is 23.0. The van der Waals surface area contributed by atoms with Crippen LogP contribution in [0.15, 0.2) is 71.9 Å². The van der Waals surface area contributed by atoms with Crippen molar-refractivity contribution in [1.29, 1.82) is 0 Å². The fourth-order valence-electron chi connectivity index (χ4n) is 4.07. The van der Waals surface area contributed by atoms with Crippen molar-refractivity contribution in [3.63, 3.8) is 0 Å². The summed E-state index contributed by atoms with van der Waals surface area (Å²) in [5, 5.41) is 5.65. The Morgan fingerprint density at radius 3 is 2.44 bits per heavy atom. The fraction of sp³-hybridized carbons (Fsp3) is 0.321. The van der Waals surface area contributed by atoms with Crippen molar-refractivity contribution in [2.75, 3.05) is 25.0 Å². The van der Waals surface area contributed by atoms with Crippen molar-refractivity contribution in [2.24, 2.45) is 0 Å². The first kappa shape index (κ1) is 29.6. The third kappa shape index (κ3) is 7.86. The number of benzene rings is 2. The van der Waals surface area contributed by atoms with Gasteiger partial charge < -0.3 is 20.3 Å². The van der Waals surface area contributed by atoms with E-state index < -0.39 is 33.5 Å². The minimum atomic E-state index is -4.08. The number of esters is 1. The van der Waals surface area contributed by atoms with E-state index >= 15 is 0 Å². The van der Waals surface area contributed by atoms with Crippen molar-refractivity contribution in [2.45, 2.75) is 43.9 Å². The zero-order valence-corrected chi connectivity index (χ0v) is 23.8. The molecule has 0 spiro atoms. The molecular weight excluding hydrogens is 548 g/mol. The molecule has 2 heterocycles. The minimum Gasteiger partial charge on any atom is -0.459 e. The smallest absolute Gasteiger partial charge is 0.326 e. The molecule has 216 valence electrons. The number of carbonyl (C=O) groups excluding carboxylic acids is 3. The van der Waals surface area contributed by atoms with Crippen LogP contribution in [0.4, 0.5) is 5.95 Å². The summed E-state index contributed by atoms with van der Waals surface area (Å²) in [5.74, 6) is -1.17. The number of carbonyl (C=O) groups is 3. The van der Waals surface area contributed by atoms with Crippen LogP contribution in [0.2, 0.25) is 0 Å². The normalized spacial score (nSPS) is 13.8. The molecule has 12 nitrogen and oxygen atoms in total. The summed E-state index contributed by atoms with van der Waals surface area (Å²) < 4.78 is 33.5. The molecular formula is C28H32N6O6S. The van der Waals surface area contributed by atoms with Crippen molar-refractivity contribution in [1.82, 2.24) is 24.9 Å². The SMILES string of the molecule is CC(C)(C)OC(=O)[C@H](CNC(=O)c1ccc2c(c1)C(=O)N(CCNc1ncccn1)C2)NS(=O)(=O)c1ccccc1. The number of nitrogens with zero attached hydrogens (tertiary/aromatic N) is 3. The number of nitrogens with one attached hydrogen (secondary N) is 3. The first-order valence-electron chi connectivity index (χ1n) is 12.9. The average molecular weight is 581 g/mol. The van der Waals surface area contributed by atoms with E-state index in [0.717, 1.165) is 5.56 Å². The minimum absolute atomic E-state index is 0.0342. The van der Waals surface area contributed by atoms with Gasteiger partial charge in [0.2, 0.25) is 16.0 Å². The lowest BCUT2D eigenvalue weighted by Crippen LogP contribution is -2.50. The van der Waals surface area contributed by atoms with Gasteiger partial charge >= 0.3 is 5.97 Å². The number of rotatable bonds is 11. The summed E-state index contributed by atoms with van der Waals surface area (Å²) in [5.41, 5.74) is 0.503. The van der Waals surface area contributed by atoms with E-state index in [1.165, 1.54) is 18.2 Å². The highest BCUT2D eigenvalue weighted by atomic mass is 32.2. The number of sulfonamides is 1. The highest BCUT2D eigenvalue weighted by Gasteiger charge is 2.31. The molecule has 13 heteroatoms. The highest BCUT2D eigenvalue weighted by molar-refractivity contribution is 7.89. The molecule has 0 bridgehead atoms. The van der Waals surface area contributed by atoms with E-state index in [1.807, 2.05) is 0 Å².